The lowest BCUT2D eigenvalue weighted by Gasteiger charge is -2.30. The predicted octanol–water partition coefficient (Wildman–Crippen LogP) is 2.36. The van der Waals surface area contributed by atoms with Crippen LogP contribution in [0.1, 0.15) is 0 Å². The Morgan fingerprint density at radius 2 is 2.05 bits per heavy atom. The summed E-state index contributed by atoms with van der Waals surface area (Å²) in [4.78, 5) is 1.97. The largest absolute Gasteiger partial charge is 0.374 e. The van der Waals surface area contributed by atoms with E-state index in [-0.39, 0.29) is 27.6 Å². The fourth-order valence-electron chi connectivity index (χ4n) is 2.05. The second-order valence-corrected chi connectivity index (χ2v) is 8.24. The van der Waals surface area contributed by atoms with Crippen LogP contribution in [-0.2, 0) is 14.8 Å². The first kappa shape index (κ1) is 17.5. The number of nitrogens with one attached hydrogen (secondary N) is 1. The van der Waals surface area contributed by atoms with Gasteiger partial charge in [0.1, 0.15) is 4.90 Å². The van der Waals surface area contributed by atoms with E-state index in [1.807, 2.05) is 7.05 Å². The number of benzene rings is 1. The summed E-state index contributed by atoms with van der Waals surface area (Å²) < 4.78 is 33.3. The molecule has 9 heteroatoms. The summed E-state index contributed by atoms with van der Waals surface area (Å²) in [6, 6.07) is 2.99. The summed E-state index contributed by atoms with van der Waals surface area (Å²) in [5.74, 6) is 0. The minimum atomic E-state index is -3.79. The molecule has 0 aromatic heterocycles. The van der Waals surface area contributed by atoms with Crippen LogP contribution in [-0.4, -0.2) is 52.7 Å². The van der Waals surface area contributed by atoms with E-state index in [2.05, 4.69) is 25.6 Å². The Labute approximate surface area is 142 Å². The predicted molar refractivity (Wildman–Crippen MR) is 86.6 cm³/mol. The van der Waals surface area contributed by atoms with Gasteiger partial charge in [-0.2, -0.15) is 0 Å². The van der Waals surface area contributed by atoms with Crippen LogP contribution in [0.3, 0.4) is 0 Å². The van der Waals surface area contributed by atoms with Gasteiger partial charge >= 0.3 is 0 Å². The Bertz CT molecular complexity index is 604. The Morgan fingerprint density at radius 1 is 1.43 bits per heavy atom. The molecule has 0 radical (unpaired) electrons. The van der Waals surface area contributed by atoms with Gasteiger partial charge in [0.2, 0.25) is 10.0 Å². The number of sulfonamides is 1. The average Bonchev–Trinajstić information content (AvgIpc) is 2.35. The lowest BCUT2D eigenvalue weighted by molar-refractivity contribution is -0.0156. The number of ether oxygens (including phenoxy) is 1. The minimum absolute atomic E-state index is 0.0727. The van der Waals surface area contributed by atoms with Gasteiger partial charge in [-0.15, -0.1) is 0 Å². The maximum atomic E-state index is 12.3. The molecule has 2 rings (SSSR count). The second-order valence-electron chi connectivity index (χ2n) is 4.81. The van der Waals surface area contributed by atoms with E-state index in [0.29, 0.717) is 17.6 Å². The monoisotopic (exact) mass is 416 g/mol. The van der Waals surface area contributed by atoms with Crippen molar-refractivity contribution in [3.05, 3.63) is 26.7 Å². The number of rotatable bonds is 4. The molecule has 1 saturated heterocycles. The molecule has 21 heavy (non-hydrogen) atoms. The van der Waals surface area contributed by atoms with Crippen LogP contribution in [0, 0.1) is 0 Å². The minimum Gasteiger partial charge on any atom is -0.374 e. The molecular weight excluding hydrogens is 403 g/mol. The van der Waals surface area contributed by atoms with Crippen LogP contribution in [0.5, 0.6) is 0 Å². The van der Waals surface area contributed by atoms with Crippen LogP contribution in [0.15, 0.2) is 21.5 Å². The number of likely N-dealkylation sites (N-methyl/N-ethyl adjacent to an activating group) is 1. The van der Waals surface area contributed by atoms with E-state index in [9.17, 15) is 8.42 Å². The molecule has 0 amide bonds. The van der Waals surface area contributed by atoms with Gasteiger partial charge in [-0.1, -0.05) is 39.1 Å². The molecule has 1 atom stereocenters. The summed E-state index contributed by atoms with van der Waals surface area (Å²) in [5.41, 5.74) is 0. The van der Waals surface area contributed by atoms with Gasteiger partial charge in [-0.25, -0.2) is 13.1 Å². The maximum Gasteiger partial charge on any atom is 0.243 e. The number of hydrogen-bond acceptors (Lipinski definition) is 4. The van der Waals surface area contributed by atoms with Crippen LogP contribution in [0.2, 0.25) is 10.0 Å². The molecule has 1 aliphatic heterocycles. The van der Waals surface area contributed by atoms with Gasteiger partial charge in [-0.05, 0) is 19.2 Å². The van der Waals surface area contributed by atoms with Gasteiger partial charge in [0, 0.05) is 24.1 Å². The normalized spacial score (nSPS) is 20.7. The summed E-state index contributed by atoms with van der Waals surface area (Å²) in [6.07, 6.45) is -0.188. The van der Waals surface area contributed by atoms with Gasteiger partial charge in [-0.3, -0.25) is 0 Å². The number of halogens is 3. The van der Waals surface area contributed by atoms with Crippen molar-refractivity contribution in [3.63, 3.8) is 0 Å². The van der Waals surface area contributed by atoms with Gasteiger partial charge in [0.05, 0.1) is 22.8 Å². The first-order chi connectivity index (χ1) is 9.79. The summed E-state index contributed by atoms with van der Waals surface area (Å²) in [6.45, 7) is 2.27. The Hall–Kier alpha value is 0.110. The van der Waals surface area contributed by atoms with Crippen LogP contribution in [0.4, 0.5) is 0 Å². The Balaban J connectivity index is 2.12. The Morgan fingerprint density at radius 3 is 2.62 bits per heavy atom. The van der Waals surface area contributed by atoms with Gasteiger partial charge < -0.3 is 9.64 Å². The third kappa shape index (κ3) is 4.54. The van der Waals surface area contributed by atoms with Crippen LogP contribution < -0.4 is 4.72 Å². The van der Waals surface area contributed by atoms with E-state index in [1.54, 1.807) is 0 Å². The maximum absolute atomic E-state index is 12.3. The molecule has 0 aliphatic carbocycles. The molecule has 1 N–H and O–H groups in total. The van der Waals surface area contributed by atoms with Gasteiger partial charge in [0.25, 0.3) is 0 Å². The fourth-order valence-corrected chi connectivity index (χ4v) is 5.05. The summed E-state index contributed by atoms with van der Waals surface area (Å²) >= 11 is 15.2. The second kappa shape index (κ2) is 7.12. The standard InChI is InChI=1S/C12H15BrCl2N2O3S/c1-17-2-3-20-9(7-17)6-16-21(18,19)12-10(14)4-8(13)5-11(12)15/h4-5,9,16H,2-3,6-7H2,1H3. The molecule has 1 aromatic carbocycles. The number of morpholine rings is 1. The van der Waals surface area contributed by atoms with Gasteiger partial charge in [0.15, 0.2) is 0 Å². The fraction of sp³-hybridized carbons (Fsp3) is 0.500. The SMILES string of the molecule is CN1CCOC(CNS(=O)(=O)c2c(Cl)cc(Br)cc2Cl)C1. The first-order valence-corrected chi connectivity index (χ1v) is 9.27. The van der Waals surface area contributed by atoms with Crippen LogP contribution >= 0.6 is 39.1 Å². The van der Waals surface area contributed by atoms with Crippen LogP contribution in [0.25, 0.3) is 0 Å². The van der Waals surface area contributed by atoms with Crippen molar-refractivity contribution in [1.82, 2.24) is 9.62 Å². The molecule has 1 heterocycles. The molecule has 0 spiro atoms. The first-order valence-electron chi connectivity index (χ1n) is 6.24. The molecule has 5 nitrogen and oxygen atoms in total. The molecule has 0 saturated carbocycles. The van der Waals surface area contributed by atoms with E-state index in [4.69, 9.17) is 27.9 Å². The van der Waals surface area contributed by atoms with Crippen molar-refractivity contribution in [2.75, 3.05) is 33.3 Å². The van der Waals surface area contributed by atoms with Crippen molar-refractivity contribution in [1.29, 1.82) is 0 Å². The van der Waals surface area contributed by atoms with Crippen molar-refractivity contribution >= 4 is 49.2 Å². The highest BCUT2D eigenvalue weighted by atomic mass is 79.9. The Kier molecular flexibility index (Phi) is 5.92. The van der Waals surface area contributed by atoms with Crippen molar-refractivity contribution in [3.8, 4) is 0 Å². The van der Waals surface area contributed by atoms with E-state index < -0.39 is 10.0 Å². The number of nitrogens with zero attached hydrogens (tertiary/aromatic N) is 1. The molecule has 1 unspecified atom stereocenters. The van der Waals surface area contributed by atoms with E-state index >= 15 is 0 Å². The zero-order valence-corrected chi connectivity index (χ0v) is 15.2. The third-order valence-electron chi connectivity index (χ3n) is 3.07. The molecule has 1 aliphatic rings. The number of hydrogen-bond donors (Lipinski definition) is 1. The zero-order chi connectivity index (χ0) is 15.6. The van der Waals surface area contributed by atoms with E-state index in [1.165, 1.54) is 12.1 Å². The van der Waals surface area contributed by atoms with Crippen molar-refractivity contribution < 1.29 is 13.2 Å². The molecular formula is C12H15BrCl2N2O3S. The molecule has 1 fully saturated rings. The lowest BCUT2D eigenvalue weighted by atomic mass is 10.3. The van der Waals surface area contributed by atoms with Crippen molar-refractivity contribution in [2.45, 2.75) is 11.0 Å². The lowest BCUT2D eigenvalue weighted by Crippen LogP contribution is -2.45. The molecule has 1 aromatic rings. The highest BCUT2D eigenvalue weighted by Gasteiger charge is 2.25. The molecule has 0 bridgehead atoms. The highest BCUT2D eigenvalue weighted by molar-refractivity contribution is 9.10. The highest BCUT2D eigenvalue weighted by Crippen LogP contribution is 2.32. The smallest absolute Gasteiger partial charge is 0.243 e. The summed E-state index contributed by atoms with van der Waals surface area (Å²) in [5, 5.41) is 0.145. The molecule has 118 valence electrons. The third-order valence-corrected chi connectivity index (χ3v) is 5.88. The topological polar surface area (TPSA) is 58.6 Å². The van der Waals surface area contributed by atoms with Crippen molar-refractivity contribution in [2.24, 2.45) is 0 Å². The van der Waals surface area contributed by atoms with E-state index in [0.717, 1.165) is 6.54 Å². The average molecular weight is 418 g/mol. The quantitative estimate of drug-likeness (QED) is 0.816. The summed E-state index contributed by atoms with van der Waals surface area (Å²) in [7, 11) is -1.82. The zero-order valence-electron chi connectivity index (χ0n) is 11.3.